The second kappa shape index (κ2) is 7.35. The Morgan fingerprint density at radius 1 is 1.15 bits per heavy atom. The summed E-state index contributed by atoms with van der Waals surface area (Å²) >= 11 is 0. The Morgan fingerprint density at radius 3 is 2.46 bits per heavy atom. The molecule has 0 unspecified atom stereocenters. The molecule has 7 nitrogen and oxygen atoms in total. The smallest absolute Gasteiger partial charge is 0.250 e. The molecule has 134 valence electrons. The van der Waals surface area contributed by atoms with Crippen molar-refractivity contribution in [1.29, 1.82) is 0 Å². The summed E-state index contributed by atoms with van der Waals surface area (Å²) in [6.45, 7) is 5.94. The number of nitrogens with one attached hydrogen (secondary N) is 1. The van der Waals surface area contributed by atoms with Gasteiger partial charge in [-0.05, 0) is 32.4 Å². The summed E-state index contributed by atoms with van der Waals surface area (Å²) in [7, 11) is 1.59. The first kappa shape index (κ1) is 17.6. The number of nitrogens with zero attached hydrogens (tertiary/aromatic N) is 4. The van der Waals surface area contributed by atoms with Crippen LogP contribution < -0.4 is 10.1 Å². The summed E-state index contributed by atoms with van der Waals surface area (Å²) < 4.78 is 6.97. The molecule has 0 aliphatic heterocycles. The molecule has 0 radical (unpaired) electrons. The van der Waals surface area contributed by atoms with Gasteiger partial charge in [0.15, 0.2) is 0 Å². The zero-order chi connectivity index (χ0) is 18.7. The lowest BCUT2D eigenvalue weighted by Gasteiger charge is -2.09. The SMILES string of the molecule is COc1ccccc1CC(=O)Nc1cnc(-n2nc(C)c(C)c2C)nc1. The van der Waals surface area contributed by atoms with Gasteiger partial charge in [0.05, 0.1) is 37.3 Å². The molecule has 26 heavy (non-hydrogen) atoms. The third-order valence-electron chi connectivity index (χ3n) is 4.31. The summed E-state index contributed by atoms with van der Waals surface area (Å²) in [5.74, 6) is 1.00. The zero-order valence-corrected chi connectivity index (χ0v) is 15.3. The molecule has 0 saturated heterocycles. The summed E-state index contributed by atoms with van der Waals surface area (Å²) in [4.78, 5) is 20.9. The number of carbonyl (C=O) groups is 1. The van der Waals surface area contributed by atoms with Crippen molar-refractivity contribution in [1.82, 2.24) is 19.7 Å². The number of aryl methyl sites for hydroxylation is 1. The van der Waals surface area contributed by atoms with Crippen LogP contribution in [0.1, 0.15) is 22.5 Å². The van der Waals surface area contributed by atoms with Crippen molar-refractivity contribution >= 4 is 11.6 Å². The fourth-order valence-electron chi connectivity index (χ4n) is 2.64. The van der Waals surface area contributed by atoms with Gasteiger partial charge in [0.1, 0.15) is 5.75 Å². The van der Waals surface area contributed by atoms with Crippen LogP contribution in [0.3, 0.4) is 0 Å². The van der Waals surface area contributed by atoms with Gasteiger partial charge in [-0.2, -0.15) is 5.10 Å². The van der Waals surface area contributed by atoms with E-state index >= 15 is 0 Å². The lowest BCUT2D eigenvalue weighted by Crippen LogP contribution is -2.15. The number of ether oxygens (including phenoxy) is 1. The normalized spacial score (nSPS) is 10.6. The number of amides is 1. The number of methoxy groups -OCH3 is 1. The van der Waals surface area contributed by atoms with Gasteiger partial charge in [-0.3, -0.25) is 4.79 Å². The predicted octanol–water partition coefficient (Wildman–Crippen LogP) is 2.78. The average Bonchev–Trinajstić information content (AvgIpc) is 2.90. The molecule has 1 amide bonds. The van der Waals surface area contributed by atoms with Crippen molar-refractivity contribution in [2.45, 2.75) is 27.2 Å². The van der Waals surface area contributed by atoms with Crippen LogP contribution in [0, 0.1) is 20.8 Å². The van der Waals surface area contributed by atoms with Crippen LogP contribution in [-0.2, 0) is 11.2 Å². The molecule has 0 spiro atoms. The first-order chi connectivity index (χ1) is 12.5. The van der Waals surface area contributed by atoms with Gasteiger partial charge < -0.3 is 10.1 Å². The van der Waals surface area contributed by atoms with E-state index in [1.807, 2.05) is 45.0 Å². The minimum Gasteiger partial charge on any atom is -0.496 e. The lowest BCUT2D eigenvalue weighted by molar-refractivity contribution is -0.115. The van der Waals surface area contributed by atoms with Gasteiger partial charge >= 0.3 is 0 Å². The molecule has 2 aromatic heterocycles. The van der Waals surface area contributed by atoms with Gasteiger partial charge in [0.2, 0.25) is 5.91 Å². The highest BCUT2D eigenvalue weighted by atomic mass is 16.5. The van der Waals surface area contributed by atoms with Crippen molar-refractivity contribution < 1.29 is 9.53 Å². The first-order valence-electron chi connectivity index (χ1n) is 8.26. The summed E-state index contributed by atoms with van der Waals surface area (Å²) in [6, 6.07) is 7.44. The van der Waals surface area contributed by atoms with Crippen molar-refractivity contribution in [3.8, 4) is 11.7 Å². The largest absolute Gasteiger partial charge is 0.496 e. The molecule has 2 heterocycles. The summed E-state index contributed by atoms with van der Waals surface area (Å²) in [5.41, 5.74) is 4.41. The molecule has 0 aliphatic carbocycles. The highest BCUT2D eigenvalue weighted by molar-refractivity contribution is 5.92. The highest BCUT2D eigenvalue weighted by Crippen LogP contribution is 2.19. The maximum Gasteiger partial charge on any atom is 0.250 e. The van der Waals surface area contributed by atoms with Crippen molar-refractivity contribution in [3.05, 3.63) is 59.2 Å². The van der Waals surface area contributed by atoms with Crippen molar-refractivity contribution in [2.24, 2.45) is 0 Å². The standard InChI is InChI=1S/C19H21N5O2/c1-12-13(2)23-24(14(12)3)19-20-10-16(11-21-19)22-18(25)9-15-7-5-6-8-17(15)26-4/h5-8,10-11H,9H2,1-4H3,(H,22,25). The second-order valence-corrected chi connectivity index (χ2v) is 6.02. The maximum absolute atomic E-state index is 12.3. The van der Waals surface area contributed by atoms with E-state index < -0.39 is 0 Å². The van der Waals surface area contributed by atoms with Gasteiger partial charge in [-0.15, -0.1) is 0 Å². The number of anilines is 1. The fraction of sp³-hybridized carbons (Fsp3) is 0.263. The Bertz CT molecular complexity index is 932. The zero-order valence-electron chi connectivity index (χ0n) is 15.3. The van der Waals surface area contributed by atoms with Gasteiger partial charge in [0.25, 0.3) is 5.95 Å². The van der Waals surface area contributed by atoms with Gasteiger partial charge in [-0.25, -0.2) is 14.6 Å². The Morgan fingerprint density at radius 2 is 1.85 bits per heavy atom. The average molecular weight is 351 g/mol. The molecule has 0 atom stereocenters. The van der Waals surface area contributed by atoms with Crippen LogP contribution in [0.5, 0.6) is 5.75 Å². The summed E-state index contributed by atoms with van der Waals surface area (Å²) in [5, 5.41) is 7.24. The van der Waals surface area contributed by atoms with E-state index in [0.717, 1.165) is 22.5 Å². The molecule has 0 saturated carbocycles. The minimum absolute atomic E-state index is 0.159. The van der Waals surface area contributed by atoms with Crippen LogP contribution in [0.25, 0.3) is 5.95 Å². The van der Waals surface area contributed by atoms with E-state index in [0.29, 0.717) is 17.4 Å². The van der Waals surface area contributed by atoms with Crippen LogP contribution in [0.4, 0.5) is 5.69 Å². The number of rotatable bonds is 5. The number of hydrogen-bond acceptors (Lipinski definition) is 5. The topological polar surface area (TPSA) is 81.9 Å². The highest BCUT2D eigenvalue weighted by Gasteiger charge is 2.12. The molecule has 1 N–H and O–H groups in total. The number of carbonyl (C=O) groups excluding carboxylic acids is 1. The molecule has 3 aromatic rings. The Kier molecular flexibility index (Phi) is 4.97. The van der Waals surface area contributed by atoms with E-state index in [1.165, 1.54) is 0 Å². The Balaban J connectivity index is 1.71. The third-order valence-corrected chi connectivity index (χ3v) is 4.31. The van der Waals surface area contributed by atoms with Crippen LogP contribution >= 0.6 is 0 Å². The lowest BCUT2D eigenvalue weighted by atomic mass is 10.1. The Hall–Kier alpha value is -3.22. The Labute approximate surface area is 152 Å². The van der Waals surface area contributed by atoms with E-state index in [1.54, 1.807) is 24.2 Å². The molecule has 7 heteroatoms. The van der Waals surface area contributed by atoms with Crippen molar-refractivity contribution in [3.63, 3.8) is 0 Å². The van der Waals surface area contributed by atoms with Gasteiger partial charge in [0, 0.05) is 11.3 Å². The van der Waals surface area contributed by atoms with Crippen LogP contribution in [-0.4, -0.2) is 32.8 Å². The van der Waals surface area contributed by atoms with Crippen LogP contribution in [0.2, 0.25) is 0 Å². The fourth-order valence-corrected chi connectivity index (χ4v) is 2.64. The second-order valence-electron chi connectivity index (χ2n) is 6.02. The molecular weight excluding hydrogens is 330 g/mol. The molecule has 0 fully saturated rings. The number of hydrogen-bond donors (Lipinski definition) is 1. The molecule has 0 bridgehead atoms. The van der Waals surface area contributed by atoms with E-state index in [-0.39, 0.29) is 12.3 Å². The van der Waals surface area contributed by atoms with Crippen LogP contribution in [0.15, 0.2) is 36.7 Å². The number of benzene rings is 1. The third kappa shape index (κ3) is 3.56. The van der Waals surface area contributed by atoms with E-state index in [4.69, 9.17) is 4.74 Å². The number of para-hydroxylation sites is 1. The molecule has 1 aromatic carbocycles. The van der Waals surface area contributed by atoms with E-state index in [9.17, 15) is 4.79 Å². The van der Waals surface area contributed by atoms with Crippen molar-refractivity contribution in [2.75, 3.05) is 12.4 Å². The molecule has 3 rings (SSSR count). The van der Waals surface area contributed by atoms with Gasteiger partial charge in [-0.1, -0.05) is 18.2 Å². The monoisotopic (exact) mass is 351 g/mol. The molecular formula is C19H21N5O2. The minimum atomic E-state index is -0.159. The van der Waals surface area contributed by atoms with E-state index in [2.05, 4.69) is 20.4 Å². The quantitative estimate of drug-likeness (QED) is 0.764. The molecule has 0 aliphatic rings. The maximum atomic E-state index is 12.3. The predicted molar refractivity (Wildman–Crippen MR) is 98.7 cm³/mol. The first-order valence-corrected chi connectivity index (χ1v) is 8.26. The number of aromatic nitrogens is 4. The summed E-state index contributed by atoms with van der Waals surface area (Å²) in [6.07, 6.45) is 3.37.